The molecule has 7 nitrogen and oxygen atoms in total. The third-order valence-electron chi connectivity index (χ3n) is 5.25. The van der Waals surface area contributed by atoms with E-state index in [1.165, 1.54) is 24.4 Å². The van der Waals surface area contributed by atoms with Gasteiger partial charge >= 0.3 is 0 Å². The second-order valence-corrected chi connectivity index (χ2v) is 10.2. The number of hydrogen-bond donors (Lipinski definition) is 1. The molecule has 1 N–H and O–H groups in total. The van der Waals surface area contributed by atoms with Crippen LogP contribution in [0.1, 0.15) is 11.1 Å². The van der Waals surface area contributed by atoms with E-state index in [0.717, 1.165) is 15.4 Å². The second kappa shape index (κ2) is 12.2. The van der Waals surface area contributed by atoms with Gasteiger partial charge in [0.2, 0.25) is 0 Å². The molecule has 9 heteroatoms. The quantitative estimate of drug-likeness (QED) is 0.222. The molecule has 0 aliphatic carbocycles. The summed E-state index contributed by atoms with van der Waals surface area (Å²) in [5.41, 5.74) is 4.46. The monoisotopic (exact) mass is 533 g/mol. The van der Waals surface area contributed by atoms with Gasteiger partial charge in [0, 0.05) is 5.02 Å². The van der Waals surface area contributed by atoms with Crippen molar-refractivity contribution in [3.05, 3.63) is 125 Å². The largest absolute Gasteiger partial charge is 0.489 e. The van der Waals surface area contributed by atoms with Gasteiger partial charge in [-0.05, 0) is 65.7 Å². The van der Waals surface area contributed by atoms with Crippen LogP contribution in [0.5, 0.6) is 5.75 Å². The third-order valence-corrected chi connectivity index (χ3v) is 7.27. The summed E-state index contributed by atoms with van der Waals surface area (Å²) >= 11 is 6.08. The molecule has 0 heterocycles. The zero-order valence-corrected chi connectivity index (χ0v) is 21.3. The van der Waals surface area contributed by atoms with E-state index in [1.807, 2.05) is 30.3 Å². The Morgan fingerprint density at radius 2 is 1.57 bits per heavy atom. The van der Waals surface area contributed by atoms with Crippen molar-refractivity contribution < 1.29 is 17.9 Å². The van der Waals surface area contributed by atoms with Crippen molar-refractivity contribution in [3.63, 3.8) is 0 Å². The molecule has 4 aromatic rings. The number of nitrogens with zero attached hydrogens (tertiary/aromatic N) is 2. The van der Waals surface area contributed by atoms with Crippen LogP contribution in [0.15, 0.2) is 119 Å². The Kier molecular flexibility index (Phi) is 8.56. The molecule has 0 saturated carbocycles. The lowest BCUT2D eigenvalue weighted by atomic mass is 10.2. The van der Waals surface area contributed by atoms with Crippen molar-refractivity contribution in [2.75, 3.05) is 10.8 Å². The summed E-state index contributed by atoms with van der Waals surface area (Å²) in [6, 6.07) is 31.2. The highest BCUT2D eigenvalue weighted by Gasteiger charge is 2.27. The summed E-state index contributed by atoms with van der Waals surface area (Å²) in [6.07, 6.45) is 1.47. The van der Waals surface area contributed by atoms with Gasteiger partial charge in [0.25, 0.3) is 15.9 Å². The van der Waals surface area contributed by atoms with Gasteiger partial charge < -0.3 is 4.74 Å². The molecular formula is C28H24ClN3O4S. The Balaban J connectivity index is 1.40. The maximum atomic E-state index is 13.3. The smallest absolute Gasteiger partial charge is 0.264 e. The van der Waals surface area contributed by atoms with E-state index in [9.17, 15) is 13.2 Å². The van der Waals surface area contributed by atoms with Gasteiger partial charge in [-0.25, -0.2) is 13.8 Å². The van der Waals surface area contributed by atoms with Crippen LogP contribution < -0.4 is 14.5 Å². The number of benzene rings is 4. The number of carbonyl (C=O) groups is 1. The van der Waals surface area contributed by atoms with Crippen LogP contribution in [-0.2, 0) is 21.4 Å². The number of amides is 1. The Bertz CT molecular complexity index is 1460. The van der Waals surface area contributed by atoms with Gasteiger partial charge in [-0.3, -0.25) is 9.10 Å². The zero-order valence-electron chi connectivity index (χ0n) is 19.7. The molecule has 0 fully saturated rings. The number of halogens is 1. The van der Waals surface area contributed by atoms with Gasteiger partial charge in [-0.15, -0.1) is 0 Å². The minimum Gasteiger partial charge on any atom is -0.489 e. The molecule has 0 aromatic heterocycles. The predicted molar refractivity (Wildman–Crippen MR) is 145 cm³/mol. The van der Waals surface area contributed by atoms with Crippen LogP contribution in [-0.4, -0.2) is 27.1 Å². The SMILES string of the molecule is O=C(CN(c1cccc(Cl)c1)S(=O)(=O)c1ccccc1)N/N=C\c1ccc(OCc2ccccc2)cc1. The molecule has 0 spiro atoms. The van der Waals surface area contributed by atoms with Crippen molar-refractivity contribution in [1.29, 1.82) is 0 Å². The van der Waals surface area contributed by atoms with Gasteiger partial charge in [0.15, 0.2) is 0 Å². The van der Waals surface area contributed by atoms with Crippen molar-refractivity contribution >= 4 is 39.4 Å². The molecule has 188 valence electrons. The lowest BCUT2D eigenvalue weighted by Crippen LogP contribution is -2.39. The van der Waals surface area contributed by atoms with Gasteiger partial charge in [0.1, 0.15) is 18.9 Å². The molecule has 0 radical (unpaired) electrons. The van der Waals surface area contributed by atoms with Crippen LogP contribution in [0.25, 0.3) is 0 Å². The molecule has 0 bridgehead atoms. The highest BCUT2D eigenvalue weighted by Crippen LogP contribution is 2.26. The number of nitrogens with one attached hydrogen (secondary N) is 1. The van der Waals surface area contributed by atoms with E-state index in [0.29, 0.717) is 17.4 Å². The topological polar surface area (TPSA) is 88.1 Å². The standard InChI is InChI=1S/C28H24ClN3O4S/c29-24-10-7-11-25(18-24)32(37(34,35)27-12-5-2-6-13-27)20-28(33)31-30-19-22-14-16-26(17-15-22)36-21-23-8-3-1-4-9-23/h1-19H,20-21H2,(H,31,33)/b30-19-. The summed E-state index contributed by atoms with van der Waals surface area (Å²) in [5, 5.41) is 4.32. The second-order valence-electron chi connectivity index (χ2n) is 7.94. The van der Waals surface area contributed by atoms with Crippen molar-refractivity contribution in [2.45, 2.75) is 11.5 Å². The number of hydrazone groups is 1. The Hall–Kier alpha value is -4.14. The fraction of sp³-hybridized carbons (Fsp3) is 0.0714. The maximum Gasteiger partial charge on any atom is 0.264 e. The van der Waals surface area contributed by atoms with Crippen LogP contribution >= 0.6 is 11.6 Å². The number of carbonyl (C=O) groups excluding carboxylic acids is 1. The Labute approximate surface area is 221 Å². The average Bonchev–Trinajstić information content (AvgIpc) is 2.92. The van der Waals surface area contributed by atoms with E-state index in [-0.39, 0.29) is 10.6 Å². The number of hydrogen-bond acceptors (Lipinski definition) is 5. The van der Waals surface area contributed by atoms with Crippen LogP contribution in [0, 0.1) is 0 Å². The fourth-order valence-electron chi connectivity index (χ4n) is 3.40. The summed E-state index contributed by atoms with van der Waals surface area (Å²) in [4.78, 5) is 12.7. The fourth-order valence-corrected chi connectivity index (χ4v) is 5.02. The molecule has 0 atom stereocenters. The van der Waals surface area contributed by atoms with E-state index < -0.39 is 22.5 Å². The number of ether oxygens (including phenoxy) is 1. The molecule has 0 aliphatic heterocycles. The van der Waals surface area contributed by atoms with Crippen LogP contribution in [0.3, 0.4) is 0 Å². The zero-order chi connectivity index (χ0) is 26.1. The average molecular weight is 534 g/mol. The van der Waals surface area contributed by atoms with Crippen molar-refractivity contribution in [1.82, 2.24) is 5.43 Å². The molecule has 37 heavy (non-hydrogen) atoms. The first kappa shape index (κ1) is 25.9. The molecular weight excluding hydrogens is 510 g/mol. The normalized spacial score (nSPS) is 11.3. The summed E-state index contributed by atoms with van der Waals surface area (Å²) in [7, 11) is -4.03. The lowest BCUT2D eigenvalue weighted by molar-refractivity contribution is -0.119. The number of sulfonamides is 1. The first-order valence-corrected chi connectivity index (χ1v) is 13.2. The predicted octanol–water partition coefficient (Wildman–Crippen LogP) is 5.26. The van der Waals surface area contributed by atoms with Crippen LogP contribution in [0.2, 0.25) is 5.02 Å². The number of rotatable bonds is 10. The van der Waals surface area contributed by atoms with Gasteiger partial charge in [-0.2, -0.15) is 5.10 Å². The minimum atomic E-state index is -4.03. The van der Waals surface area contributed by atoms with E-state index in [2.05, 4.69) is 10.5 Å². The van der Waals surface area contributed by atoms with Crippen LogP contribution in [0.4, 0.5) is 5.69 Å². The van der Waals surface area contributed by atoms with Gasteiger partial charge in [-0.1, -0.05) is 66.2 Å². The first-order valence-electron chi connectivity index (χ1n) is 11.3. The lowest BCUT2D eigenvalue weighted by Gasteiger charge is -2.23. The Morgan fingerprint density at radius 1 is 0.892 bits per heavy atom. The third kappa shape index (κ3) is 7.19. The molecule has 0 unspecified atom stereocenters. The number of anilines is 1. The molecule has 0 saturated heterocycles. The Morgan fingerprint density at radius 3 is 2.24 bits per heavy atom. The van der Waals surface area contributed by atoms with E-state index in [4.69, 9.17) is 16.3 Å². The summed E-state index contributed by atoms with van der Waals surface area (Å²) in [5.74, 6) is 0.0897. The van der Waals surface area contributed by atoms with E-state index >= 15 is 0 Å². The molecule has 1 amide bonds. The first-order chi connectivity index (χ1) is 17.9. The molecule has 4 aromatic carbocycles. The van der Waals surface area contributed by atoms with Crippen molar-refractivity contribution in [3.8, 4) is 5.75 Å². The maximum absolute atomic E-state index is 13.3. The highest BCUT2D eigenvalue weighted by atomic mass is 35.5. The highest BCUT2D eigenvalue weighted by molar-refractivity contribution is 7.92. The van der Waals surface area contributed by atoms with Crippen molar-refractivity contribution in [2.24, 2.45) is 5.10 Å². The summed E-state index contributed by atoms with van der Waals surface area (Å²) < 4.78 is 33.4. The molecule has 0 aliphatic rings. The van der Waals surface area contributed by atoms with E-state index in [1.54, 1.807) is 60.7 Å². The summed E-state index contributed by atoms with van der Waals surface area (Å²) in [6.45, 7) is -0.0273. The van der Waals surface area contributed by atoms with Gasteiger partial charge in [0.05, 0.1) is 16.8 Å². The minimum absolute atomic E-state index is 0.0563. The molecule has 4 rings (SSSR count).